The third kappa shape index (κ3) is 5.85. The molecule has 9 heteroatoms. The molecular formula is C19H24O9. The number of benzene rings is 1. The Balaban J connectivity index is 2.28. The van der Waals surface area contributed by atoms with Crippen molar-refractivity contribution in [1.29, 1.82) is 0 Å². The molecule has 0 aliphatic carbocycles. The Labute approximate surface area is 162 Å². The number of rotatable bonds is 6. The third-order valence-electron chi connectivity index (χ3n) is 4.12. The van der Waals surface area contributed by atoms with Gasteiger partial charge in [0.05, 0.1) is 0 Å². The highest BCUT2D eigenvalue weighted by Crippen LogP contribution is 2.32. The van der Waals surface area contributed by atoms with Gasteiger partial charge in [-0.3, -0.25) is 14.4 Å². The molecule has 1 heterocycles. The summed E-state index contributed by atoms with van der Waals surface area (Å²) in [6, 6.07) is 5.90. The number of hydrogen-bond donors (Lipinski definition) is 1. The van der Waals surface area contributed by atoms with Crippen LogP contribution >= 0.6 is 0 Å². The van der Waals surface area contributed by atoms with Crippen LogP contribution in [0.15, 0.2) is 24.3 Å². The lowest BCUT2D eigenvalue weighted by Gasteiger charge is -2.43. The molecule has 0 radical (unpaired) electrons. The SMILES string of the molecule is CC(=O)OCC1O[C@@H](Oc2ccc(O)cc2)C(OC(C)=O)[C@@H](C)[C@H]1OC(C)=O. The lowest BCUT2D eigenvalue weighted by Crippen LogP contribution is -2.58. The molecule has 1 aliphatic heterocycles. The molecule has 0 spiro atoms. The monoisotopic (exact) mass is 396 g/mol. The number of aromatic hydroxyl groups is 1. The zero-order chi connectivity index (χ0) is 20.8. The molecule has 2 unspecified atom stereocenters. The van der Waals surface area contributed by atoms with Crippen molar-refractivity contribution in [3.8, 4) is 11.5 Å². The lowest BCUT2D eigenvalue weighted by atomic mass is 9.90. The fraction of sp³-hybridized carbons (Fsp3) is 0.526. The van der Waals surface area contributed by atoms with Crippen LogP contribution in [0.25, 0.3) is 0 Å². The zero-order valence-electron chi connectivity index (χ0n) is 16.1. The molecule has 0 amide bonds. The molecule has 9 nitrogen and oxygen atoms in total. The van der Waals surface area contributed by atoms with Crippen molar-refractivity contribution < 1.29 is 43.2 Å². The lowest BCUT2D eigenvalue weighted by molar-refractivity contribution is -0.271. The molecule has 0 bridgehead atoms. The molecular weight excluding hydrogens is 372 g/mol. The standard InChI is InChI=1S/C19H24O9/c1-10-17(25-12(3)21)16(9-24-11(2)20)28-19(18(10)26-13(4)22)27-15-7-5-14(23)6-8-15/h5-8,10,16-19,23H,9H2,1-4H3/t10-,16?,17+,18?,19+/m0/s1. The number of phenols is 1. The predicted molar refractivity (Wildman–Crippen MR) is 94.3 cm³/mol. The zero-order valence-corrected chi connectivity index (χ0v) is 16.1. The van der Waals surface area contributed by atoms with Gasteiger partial charge in [-0.1, -0.05) is 6.92 Å². The van der Waals surface area contributed by atoms with Crippen LogP contribution in [0, 0.1) is 5.92 Å². The van der Waals surface area contributed by atoms with E-state index in [1.165, 1.54) is 45.0 Å². The molecule has 1 aromatic carbocycles. The summed E-state index contributed by atoms with van der Waals surface area (Å²) in [6.07, 6.45) is -3.57. The molecule has 1 N–H and O–H groups in total. The topological polar surface area (TPSA) is 118 Å². The second-order valence-electron chi connectivity index (χ2n) is 6.46. The van der Waals surface area contributed by atoms with Crippen LogP contribution in [0.3, 0.4) is 0 Å². The van der Waals surface area contributed by atoms with Crippen LogP contribution in [0.1, 0.15) is 27.7 Å². The van der Waals surface area contributed by atoms with Gasteiger partial charge in [-0.25, -0.2) is 0 Å². The van der Waals surface area contributed by atoms with E-state index in [0.717, 1.165) is 0 Å². The van der Waals surface area contributed by atoms with E-state index in [1.807, 2.05) is 0 Å². The van der Waals surface area contributed by atoms with Gasteiger partial charge in [-0.15, -0.1) is 0 Å². The summed E-state index contributed by atoms with van der Waals surface area (Å²) in [7, 11) is 0. The molecule has 0 aromatic heterocycles. The number of phenolic OH excluding ortho intramolecular Hbond substituents is 1. The van der Waals surface area contributed by atoms with Crippen molar-refractivity contribution in [2.24, 2.45) is 5.92 Å². The Hall–Kier alpha value is -2.81. The van der Waals surface area contributed by atoms with Crippen LogP contribution in [-0.2, 0) is 33.3 Å². The first kappa shape index (κ1) is 21.5. The van der Waals surface area contributed by atoms with E-state index in [4.69, 9.17) is 23.7 Å². The van der Waals surface area contributed by atoms with Gasteiger partial charge in [0.25, 0.3) is 0 Å². The summed E-state index contributed by atoms with van der Waals surface area (Å²) < 4.78 is 27.4. The second kappa shape index (κ2) is 9.41. The van der Waals surface area contributed by atoms with E-state index in [0.29, 0.717) is 5.75 Å². The van der Waals surface area contributed by atoms with E-state index in [-0.39, 0.29) is 12.4 Å². The third-order valence-corrected chi connectivity index (χ3v) is 4.12. The summed E-state index contributed by atoms with van der Waals surface area (Å²) in [5.74, 6) is -1.71. The molecule has 28 heavy (non-hydrogen) atoms. The highest BCUT2D eigenvalue weighted by atomic mass is 16.7. The first-order valence-corrected chi connectivity index (χ1v) is 8.76. The van der Waals surface area contributed by atoms with Crippen LogP contribution in [0.4, 0.5) is 0 Å². The van der Waals surface area contributed by atoms with E-state index in [9.17, 15) is 19.5 Å². The van der Waals surface area contributed by atoms with Gasteiger partial charge in [0.2, 0.25) is 6.29 Å². The Bertz CT molecular complexity index is 698. The van der Waals surface area contributed by atoms with E-state index >= 15 is 0 Å². The first-order chi connectivity index (χ1) is 13.2. The quantitative estimate of drug-likeness (QED) is 0.564. The van der Waals surface area contributed by atoms with Gasteiger partial charge >= 0.3 is 17.9 Å². The number of ether oxygens (including phenoxy) is 5. The van der Waals surface area contributed by atoms with E-state index in [2.05, 4.69) is 0 Å². The molecule has 154 valence electrons. The van der Waals surface area contributed by atoms with Gasteiger partial charge in [0.15, 0.2) is 6.10 Å². The first-order valence-electron chi connectivity index (χ1n) is 8.76. The predicted octanol–water partition coefficient (Wildman–Crippen LogP) is 1.56. The highest BCUT2D eigenvalue weighted by Gasteiger charge is 2.49. The smallest absolute Gasteiger partial charge is 0.303 e. The number of esters is 3. The summed E-state index contributed by atoms with van der Waals surface area (Å²) in [4.78, 5) is 34.3. The Kier molecular flexibility index (Phi) is 7.22. The second-order valence-corrected chi connectivity index (χ2v) is 6.46. The summed E-state index contributed by atoms with van der Waals surface area (Å²) in [5.41, 5.74) is 0. The van der Waals surface area contributed by atoms with Gasteiger partial charge in [-0.2, -0.15) is 0 Å². The fourth-order valence-electron chi connectivity index (χ4n) is 2.92. The van der Waals surface area contributed by atoms with Crippen LogP contribution in [0.2, 0.25) is 0 Å². The van der Waals surface area contributed by atoms with Crippen LogP contribution < -0.4 is 4.74 Å². The molecule has 5 atom stereocenters. The summed E-state index contributed by atoms with van der Waals surface area (Å²) in [5, 5.41) is 9.41. The summed E-state index contributed by atoms with van der Waals surface area (Å²) >= 11 is 0. The molecule has 1 saturated heterocycles. The Morgan fingerprint density at radius 2 is 1.54 bits per heavy atom. The minimum absolute atomic E-state index is 0.0597. The van der Waals surface area contributed by atoms with Crippen molar-refractivity contribution in [2.75, 3.05) is 6.61 Å². The van der Waals surface area contributed by atoms with Crippen molar-refractivity contribution >= 4 is 17.9 Å². The van der Waals surface area contributed by atoms with E-state index < -0.39 is 48.4 Å². The average molecular weight is 396 g/mol. The minimum atomic E-state index is -1.05. The largest absolute Gasteiger partial charge is 0.508 e. The van der Waals surface area contributed by atoms with Gasteiger partial charge in [0.1, 0.15) is 30.3 Å². The molecule has 2 rings (SSSR count). The number of carbonyl (C=O) groups excluding carboxylic acids is 3. The maximum Gasteiger partial charge on any atom is 0.303 e. The van der Waals surface area contributed by atoms with Gasteiger partial charge in [-0.05, 0) is 24.3 Å². The van der Waals surface area contributed by atoms with Gasteiger partial charge < -0.3 is 28.8 Å². The maximum absolute atomic E-state index is 11.6. The van der Waals surface area contributed by atoms with E-state index in [1.54, 1.807) is 6.92 Å². The fourth-order valence-corrected chi connectivity index (χ4v) is 2.92. The Morgan fingerprint density at radius 1 is 0.964 bits per heavy atom. The normalized spacial score (nSPS) is 26.8. The molecule has 1 aliphatic rings. The van der Waals surface area contributed by atoms with Crippen LogP contribution in [-0.4, -0.2) is 54.2 Å². The summed E-state index contributed by atoms with van der Waals surface area (Å²) in [6.45, 7) is 5.29. The van der Waals surface area contributed by atoms with Gasteiger partial charge in [0, 0.05) is 26.7 Å². The Morgan fingerprint density at radius 3 is 2.07 bits per heavy atom. The number of hydrogen-bond acceptors (Lipinski definition) is 9. The average Bonchev–Trinajstić information content (AvgIpc) is 2.60. The molecule has 1 aromatic rings. The highest BCUT2D eigenvalue weighted by molar-refractivity contribution is 5.67. The minimum Gasteiger partial charge on any atom is -0.508 e. The van der Waals surface area contributed by atoms with Crippen molar-refractivity contribution in [1.82, 2.24) is 0 Å². The van der Waals surface area contributed by atoms with Crippen molar-refractivity contribution in [2.45, 2.75) is 52.3 Å². The van der Waals surface area contributed by atoms with Crippen molar-refractivity contribution in [3.05, 3.63) is 24.3 Å². The molecule has 1 fully saturated rings. The van der Waals surface area contributed by atoms with Crippen LogP contribution in [0.5, 0.6) is 11.5 Å². The maximum atomic E-state index is 11.6. The number of carbonyl (C=O) groups is 3. The molecule has 0 saturated carbocycles. The van der Waals surface area contributed by atoms with Crippen molar-refractivity contribution in [3.63, 3.8) is 0 Å².